The van der Waals surface area contributed by atoms with E-state index in [4.69, 9.17) is 27.9 Å². The van der Waals surface area contributed by atoms with Crippen LogP contribution in [0.15, 0.2) is 41.3 Å². The Labute approximate surface area is 155 Å². The van der Waals surface area contributed by atoms with Crippen molar-refractivity contribution in [2.75, 3.05) is 10.0 Å². The van der Waals surface area contributed by atoms with Crippen molar-refractivity contribution in [1.82, 2.24) is 0 Å². The van der Waals surface area contributed by atoms with E-state index in [9.17, 15) is 13.2 Å². The smallest absolute Gasteiger partial charge is 0.412 e. The monoisotopic (exact) mass is 400 g/mol. The number of sulfonamides is 1. The average molecular weight is 401 g/mol. The van der Waals surface area contributed by atoms with Crippen LogP contribution in [0.2, 0.25) is 10.0 Å². The molecule has 0 saturated heterocycles. The first kappa shape index (κ1) is 17.8. The molecule has 6 nitrogen and oxygen atoms in total. The number of amides is 1. The number of anilines is 2. The summed E-state index contributed by atoms with van der Waals surface area (Å²) in [5.74, 6) is 0. The number of cyclic esters (lactones) is 1. The Morgan fingerprint density at radius 2 is 1.88 bits per heavy atom. The quantitative estimate of drug-likeness (QED) is 0.788. The molecule has 0 radical (unpaired) electrons. The number of hydrogen-bond acceptors (Lipinski definition) is 4. The minimum Gasteiger partial charge on any atom is -0.438 e. The normalized spacial score (nSPS) is 15.8. The van der Waals surface area contributed by atoms with E-state index in [1.54, 1.807) is 26.0 Å². The van der Waals surface area contributed by atoms with Gasteiger partial charge >= 0.3 is 6.09 Å². The van der Waals surface area contributed by atoms with E-state index in [-0.39, 0.29) is 14.9 Å². The highest BCUT2D eigenvalue weighted by Crippen LogP contribution is 2.38. The van der Waals surface area contributed by atoms with Crippen molar-refractivity contribution >= 4 is 50.7 Å². The highest BCUT2D eigenvalue weighted by molar-refractivity contribution is 7.92. The lowest BCUT2D eigenvalue weighted by atomic mass is 9.94. The van der Waals surface area contributed by atoms with Gasteiger partial charge in [-0.05, 0) is 44.2 Å². The summed E-state index contributed by atoms with van der Waals surface area (Å²) in [6.07, 6.45) is -0.559. The van der Waals surface area contributed by atoms with E-state index in [2.05, 4.69) is 10.0 Å². The molecule has 0 aliphatic carbocycles. The molecular formula is C16H14Cl2N2O4S. The van der Waals surface area contributed by atoms with Gasteiger partial charge in [0.2, 0.25) is 0 Å². The standard InChI is InChI=1S/C16H14Cl2N2O4S/c1-16(2)10-8-9(6-7-12(10)19-15(21)24-16)20-25(22,23)13-5-3-4-11(17)14(13)18/h3-8,20H,1-2H3,(H,19,21). The Hall–Kier alpha value is -1.96. The largest absolute Gasteiger partial charge is 0.438 e. The van der Waals surface area contributed by atoms with E-state index >= 15 is 0 Å². The molecule has 0 fully saturated rings. The molecule has 1 heterocycles. The first-order valence-corrected chi connectivity index (χ1v) is 9.45. The molecule has 0 bridgehead atoms. The fourth-order valence-corrected chi connectivity index (χ4v) is 4.35. The summed E-state index contributed by atoms with van der Waals surface area (Å²) in [5, 5.41) is 2.67. The Morgan fingerprint density at radius 3 is 2.60 bits per heavy atom. The Bertz CT molecular complexity index is 974. The van der Waals surface area contributed by atoms with Crippen LogP contribution in [0.25, 0.3) is 0 Å². The molecule has 0 unspecified atom stereocenters. The van der Waals surface area contributed by atoms with E-state index in [1.165, 1.54) is 24.3 Å². The van der Waals surface area contributed by atoms with Crippen LogP contribution in [0.5, 0.6) is 0 Å². The van der Waals surface area contributed by atoms with Gasteiger partial charge in [-0.3, -0.25) is 10.0 Å². The molecule has 1 amide bonds. The fourth-order valence-electron chi connectivity index (χ4n) is 2.54. The van der Waals surface area contributed by atoms with Gasteiger partial charge in [0.25, 0.3) is 10.0 Å². The second-order valence-corrected chi connectivity index (χ2v) is 8.38. The Morgan fingerprint density at radius 1 is 1.16 bits per heavy atom. The van der Waals surface area contributed by atoms with Gasteiger partial charge in [-0.1, -0.05) is 29.3 Å². The first-order valence-electron chi connectivity index (χ1n) is 7.21. The molecule has 1 aliphatic rings. The lowest BCUT2D eigenvalue weighted by molar-refractivity contribution is 0.0421. The van der Waals surface area contributed by atoms with Gasteiger partial charge in [0.05, 0.1) is 15.7 Å². The summed E-state index contributed by atoms with van der Waals surface area (Å²) in [7, 11) is -3.94. The maximum Gasteiger partial charge on any atom is 0.412 e. The predicted octanol–water partition coefficient (Wildman–Crippen LogP) is 4.59. The molecule has 1 aliphatic heterocycles. The molecule has 0 aromatic heterocycles. The molecule has 0 spiro atoms. The summed E-state index contributed by atoms with van der Waals surface area (Å²) in [5.41, 5.74) is 0.615. The zero-order valence-corrected chi connectivity index (χ0v) is 15.6. The van der Waals surface area contributed by atoms with E-state index in [1.807, 2.05) is 0 Å². The van der Waals surface area contributed by atoms with Gasteiger partial charge in [0.15, 0.2) is 0 Å². The van der Waals surface area contributed by atoms with Crippen LogP contribution in [-0.4, -0.2) is 14.5 Å². The molecule has 9 heteroatoms. The van der Waals surface area contributed by atoms with Crippen molar-refractivity contribution in [2.24, 2.45) is 0 Å². The van der Waals surface area contributed by atoms with Crippen LogP contribution >= 0.6 is 23.2 Å². The number of hydrogen-bond donors (Lipinski definition) is 2. The number of halogens is 2. The lowest BCUT2D eigenvalue weighted by Crippen LogP contribution is -2.34. The summed E-state index contributed by atoms with van der Waals surface area (Å²) in [6.45, 7) is 3.44. The summed E-state index contributed by atoms with van der Waals surface area (Å²) >= 11 is 11.9. The number of carbonyl (C=O) groups excluding carboxylic acids is 1. The third kappa shape index (κ3) is 3.40. The van der Waals surface area contributed by atoms with Crippen LogP contribution in [-0.2, 0) is 20.4 Å². The third-order valence-corrected chi connectivity index (χ3v) is 6.07. The van der Waals surface area contributed by atoms with E-state index in [0.717, 1.165) is 0 Å². The van der Waals surface area contributed by atoms with Crippen molar-refractivity contribution in [1.29, 1.82) is 0 Å². The Balaban J connectivity index is 1.99. The van der Waals surface area contributed by atoms with Crippen LogP contribution < -0.4 is 10.0 Å². The minimum atomic E-state index is -3.94. The van der Waals surface area contributed by atoms with Crippen LogP contribution in [0.4, 0.5) is 16.2 Å². The zero-order chi connectivity index (χ0) is 18.4. The molecule has 25 heavy (non-hydrogen) atoms. The number of ether oxygens (including phenoxy) is 1. The molecule has 0 atom stereocenters. The molecule has 132 valence electrons. The van der Waals surface area contributed by atoms with Crippen molar-refractivity contribution < 1.29 is 17.9 Å². The second kappa shape index (κ2) is 6.09. The number of rotatable bonds is 3. The highest BCUT2D eigenvalue weighted by atomic mass is 35.5. The van der Waals surface area contributed by atoms with Gasteiger partial charge < -0.3 is 4.74 Å². The zero-order valence-electron chi connectivity index (χ0n) is 13.3. The predicted molar refractivity (Wildman–Crippen MR) is 96.8 cm³/mol. The minimum absolute atomic E-state index is 0.0504. The van der Waals surface area contributed by atoms with E-state index < -0.39 is 21.7 Å². The lowest BCUT2D eigenvalue weighted by Gasteiger charge is -2.32. The maximum absolute atomic E-state index is 12.6. The molecule has 2 N–H and O–H groups in total. The van der Waals surface area contributed by atoms with Gasteiger partial charge in [-0.15, -0.1) is 0 Å². The van der Waals surface area contributed by atoms with Crippen LogP contribution in [0.3, 0.4) is 0 Å². The first-order chi connectivity index (χ1) is 11.6. The van der Waals surface area contributed by atoms with Gasteiger partial charge in [0.1, 0.15) is 10.5 Å². The van der Waals surface area contributed by atoms with Gasteiger partial charge in [-0.2, -0.15) is 0 Å². The fraction of sp³-hybridized carbons (Fsp3) is 0.188. The van der Waals surface area contributed by atoms with Gasteiger partial charge in [0, 0.05) is 11.3 Å². The summed E-state index contributed by atoms with van der Waals surface area (Å²) in [4.78, 5) is 11.4. The number of carbonyl (C=O) groups is 1. The van der Waals surface area contributed by atoms with Crippen molar-refractivity contribution in [3.8, 4) is 0 Å². The van der Waals surface area contributed by atoms with Crippen molar-refractivity contribution in [3.63, 3.8) is 0 Å². The Kier molecular flexibility index (Phi) is 4.35. The summed E-state index contributed by atoms with van der Waals surface area (Å²) in [6, 6.07) is 9.12. The molecule has 0 saturated carbocycles. The second-order valence-electron chi connectivity index (χ2n) is 5.94. The number of benzene rings is 2. The van der Waals surface area contributed by atoms with Crippen molar-refractivity contribution in [2.45, 2.75) is 24.3 Å². The maximum atomic E-state index is 12.6. The topological polar surface area (TPSA) is 84.5 Å². The molecular weight excluding hydrogens is 387 g/mol. The van der Waals surface area contributed by atoms with Crippen LogP contribution in [0.1, 0.15) is 19.4 Å². The summed E-state index contributed by atoms with van der Waals surface area (Å²) < 4.78 is 32.9. The highest BCUT2D eigenvalue weighted by Gasteiger charge is 2.33. The average Bonchev–Trinajstić information content (AvgIpc) is 2.49. The third-order valence-electron chi connectivity index (χ3n) is 3.71. The van der Waals surface area contributed by atoms with Crippen LogP contribution in [0, 0.1) is 0 Å². The van der Waals surface area contributed by atoms with Gasteiger partial charge in [-0.25, -0.2) is 13.2 Å². The number of nitrogens with one attached hydrogen (secondary N) is 2. The van der Waals surface area contributed by atoms with E-state index in [0.29, 0.717) is 16.9 Å². The number of fused-ring (bicyclic) bond motifs is 1. The SMILES string of the molecule is CC1(C)OC(=O)Nc2ccc(NS(=O)(=O)c3cccc(Cl)c3Cl)cc21. The molecule has 2 aromatic carbocycles. The van der Waals surface area contributed by atoms with Crippen molar-refractivity contribution in [3.05, 3.63) is 52.0 Å². The molecule has 3 rings (SSSR count). The molecule has 2 aromatic rings.